The molecular formula is C11H20O2. The van der Waals surface area contributed by atoms with E-state index in [2.05, 4.69) is 13.8 Å². The Morgan fingerprint density at radius 2 is 1.77 bits per heavy atom. The molecule has 1 saturated carbocycles. The summed E-state index contributed by atoms with van der Waals surface area (Å²) >= 11 is 0. The fourth-order valence-electron chi connectivity index (χ4n) is 2.87. The third-order valence-electron chi connectivity index (χ3n) is 3.69. The van der Waals surface area contributed by atoms with Gasteiger partial charge in [-0.2, -0.15) is 0 Å². The summed E-state index contributed by atoms with van der Waals surface area (Å²) in [6, 6.07) is 0. The van der Waals surface area contributed by atoms with Crippen LogP contribution in [0, 0.1) is 11.3 Å². The molecule has 0 spiro atoms. The third-order valence-corrected chi connectivity index (χ3v) is 3.69. The van der Waals surface area contributed by atoms with Crippen molar-refractivity contribution in [2.24, 2.45) is 11.3 Å². The lowest BCUT2D eigenvalue weighted by Crippen LogP contribution is -2.35. The maximum atomic E-state index is 11.3. The number of hydrogen-bond donors (Lipinski definition) is 1. The van der Waals surface area contributed by atoms with Gasteiger partial charge in [0.25, 0.3) is 0 Å². The SMILES string of the molecule is CCC(CC)C1(C(=O)O)CCCC1. The molecule has 2 nitrogen and oxygen atoms in total. The average molecular weight is 184 g/mol. The largest absolute Gasteiger partial charge is 0.481 e. The van der Waals surface area contributed by atoms with Crippen molar-refractivity contribution in [1.82, 2.24) is 0 Å². The van der Waals surface area contributed by atoms with Crippen molar-refractivity contribution in [3.05, 3.63) is 0 Å². The predicted octanol–water partition coefficient (Wildman–Crippen LogP) is 3.07. The second kappa shape index (κ2) is 4.12. The fraction of sp³-hybridized carbons (Fsp3) is 0.909. The molecule has 0 atom stereocenters. The molecule has 1 N–H and O–H groups in total. The molecule has 0 amide bonds. The zero-order valence-electron chi connectivity index (χ0n) is 8.68. The summed E-state index contributed by atoms with van der Waals surface area (Å²) in [5.41, 5.74) is -0.372. The Morgan fingerprint density at radius 1 is 1.31 bits per heavy atom. The zero-order valence-corrected chi connectivity index (χ0v) is 8.68. The van der Waals surface area contributed by atoms with Crippen LogP contribution in [0.5, 0.6) is 0 Å². The lowest BCUT2D eigenvalue weighted by Gasteiger charge is -2.32. The van der Waals surface area contributed by atoms with Gasteiger partial charge in [-0.05, 0) is 18.8 Å². The second-order valence-electron chi connectivity index (χ2n) is 4.18. The minimum absolute atomic E-state index is 0.372. The lowest BCUT2D eigenvalue weighted by atomic mass is 9.71. The Bertz CT molecular complexity index is 177. The maximum Gasteiger partial charge on any atom is 0.309 e. The van der Waals surface area contributed by atoms with Crippen LogP contribution in [0.3, 0.4) is 0 Å². The molecule has 2 heteroatoms. The van der Waals surface area contributed by atoms with Crippen molar-refractivity contribution >= 4 is 5.97 Å². The number of rotatable bonds is 4. The summed E-state index contributed by atoms with van der Waals surface area (Å²) in [5, 5.41) is 9.30. The highest BCUT2D eigenvalue weighted by Crippen LogP contribution is 2.47. The first-order valence-corrected chi connectivity index (χ1v) is 5.40. The highest BCUT2D eigenvalue weighted by atomic mass is 16.4. The van der Waals surface area contributed by atoms with Crippen LogP contribution < -0.4 is 0 Å². The van der Waals surface area contributed by atoms with E-state index in [1.54, 1.807) is 0 Å². The van der Waals surface area contributed by atoms with Crippen molar-refractivity contribution in [3.63, 3.8) is 0 Å². The average Bonchev–Trinajstić information content (AvgIpc) is 2.56. The number of carbonyl (C=O) groups is 1. The minimum atomic E-state index is -0.557. The van der Waals surface area contributed by atoms with Crippen LogP contribution in [0.2, 0.25) is 0 Å². The second-order valence-corrected chi connectivity index (χ2v) is 4.18. The van der Waals surface area contributed by atoms with Crippen molar-refractivity contribution in [3.8, 4) is 0 Å². The van der Waals surface area contributed by atoms with E-state index in [0.717, 1.165) is 38.5 Å². The first kappa shape index (κ1) is 10.6. The highest BCUT2D eigenvalue weighted by molar-refractivity contribution is 5.75. The monoisotopic (exact) mass is 184 g/mol. The van der Waals surface area contributed by atoms with Gasteiger partial charge < -0.3 is 5.11 Å². The van der Waals surface area contributed by atoms with E-state index in [9.17, 15) is 9.90 Å². The van der Waals surface area contributed by atoms with Crippen molar-refractivity contribution < 1.29 is 9.90 Å². The van der Waals surface area contributed by atoms with Gasteiger partial charge >= 0.3 is 5.97 Å². The molecule has 76 valence electrons. The molecular weight excluding hydrogens is 164 g/mol. The van der Waals surface area contributed by atoms with Gasteiger partial charge in [0, 0.05) is 0 Å². The van der Waals surface area contributed by atoms with Crippen molar-refractivity contribution in [2.75, 3.05) is 0 Å². The van der Waals surface area contributed by atoms with Gasteiger partial charge in [0.1, 0.15) is 0 Å². The van der Waals surface area contributed by atoms with E-state index in [1.165, 1.54) is 0 Å². The molecule has 1 rings (SSSR count). The molecule has 0 bridgehead atoms. The highest BCUT2D eigenvalue weighted by Gasteiger charge is 2.45. The Morgan fingerprint density at radius 3 is 2.08 bits per heavy atom. The Kier molecular flexibility index (Phi) is 3.34. The van der Waals surface area contributed by atoms with E-state index in [4.69, 9.17) is 0 Å². The van der Waals surface area contributed by atoms with E-state index < -0.39 is 5.97 Å². The van der Waals surface area contributed by atoms with Gasteiger partial charge in [-0.3, -0.25) is 4.79 Å². The molecule has 0 aromatic heterocycles. The Labute approximate surface area is 80.3 Å². The zero-order chi connectivity index (χ0) is 9.90. The molecule has 0 heterocycles. The molecule has 1 aliphatic rings. The van der Waals surface area contributed by atoms with Gasteiger partial charge in [-0.15, -0.1) is 0 Å². The molecule has 0 unspecified atom stereocenters. The Balaban J connectivity index is 2.82. The fourth-order valence-corrected chi connectivity index (χ4v) is 2.87. The standard InChI is InChI=1S/C11H20O2/c1-3-9(4-2)11(10(12)13)7-5-6-8-11/h9H,3-8H2,1-2H3,(H,12,13). The predicted molar refractivity (Wildman–Crippen MR) is 52.6 cm³/mol. The molecule has 1 aliphatic carbocycles. The van der Waals surface area contributed by atoms with Gasteiger partial charge in [-0.25, -0.2) is 0 Å². The lowest BCUT2D eigenvalue weighted by molar-refractivity contribution is -0.152. The van der Waals surface area contributed by atoms with Crippen LogP contribution in [0.15, 0.2) is 0 Å². The number of aliphatic carboxylic acids is 1. The van der Waals surface area contributed by atoms with Crippen molar-refractivity contribution in [2.45, 2.75) is 52.4 Å². The quantitative estimate of drug-likeness (QED) is 0.729. The molecule has 0 aromatic carbocycles. The van der Waals surface area contributed by atoms with Crippen LogP contribution in [0.25, 0.3) is 0 Å². The van der Waals surface area contributed by atoms with E-state index >= 15 is 0 Å². The van der Waals surface area contributed by atoms with Crippen molar-refractivity contribution in [1.29, 1.82) is 0 Å². The van der Waals surface area contributed by atoms with E-state index in [1.807, 2.05) is 0 Å². The molecule has 0 aliphatic heterocycles. The van der Waals surface area contributed by atoms with Crippen LogP contribution in [0.4, 0.5) is 0 Å². The summed E-state index contributed by atoms with van der Waals surface area (Å²) in [5.74, 6) is -0.175. The number of carboxylic acids is 1. The first-order valence-electron chi connectivity index (χ1n) is 5.40. The van der Waals surface area contributed by atoms with Gasteiger partial charge in [-0.1, -0.05) is 39.5 Å². The topological polar surface area (TPSA) is 37.3 Å². The summed E-state index contributed by atoms with van der Waals surface area (Å²) in [6.07, 6.45) is 6.00. The molecule has 0 aromatic rings. The first-order chi connectivity index (χ1) is 6.17. The summed E-state index contributed by atoms with van der Waals surface area (Å²) in [4.78, 5) is 11.3. The molecule has 0 radical (unpaired) electrons. The van der Waals surface area contributed by atoms with E-state index in [-0.39, 0.29) is 5.41 Å². The normalized spacial score (nSPS) is 20.8. The number of hydrogen-bond acceptors (Lipinski definition) is 1. The van der Waals surface area contributed by atoms with Gasteiger partial charge in [0.05, 0.1) is 5.41 Å². The van der Waals surface area contributed by atoms with Crippen LogP contribution >= 0.6 is 0 Å². The molecule has 1 fully saturated rings. The van der Waals surface area contributed by atoms with Crippen LogP contribution in [0.1, 0.15) is 52.4 Å². The maximum absolute atomic E-state index is 11.3. The van der Waals surface area contributed by atoms with E-state index in [0.29, 0.717) is 5.92 Å². The minimum Gasteiger partial charge on any atom is -0.481 e. The smallest absolute Gasteiger partial charge is 0.309 e. The van der Waals surface area contributed by atoms with Crippen LogP contribution in [-0.2, 0) is 4.79 Å². The number of carboxylic acid groups (broad SMARTS) is 1. The summed E-state index contributed by atoms with van der Waals surface area (Å²) < 4.78 is 0. The summed E-state index contributed by atoms with van der Waals surface area (Å²) in [7, 11) is 0. The van der Waals surface area contributed by atoms with Gasteiger partial charge in [0.15, 0.2) is 0 Å². The van der Waals surface area contributed by atoms with Gasteiger partial charge in [0.2, 0.25) is 0 Å². The summed E-state index contributed by atoms with van der Waals surface area (Å²) in [6.45, 7) is 4.22. The molecule has 13 heavy (non-hydrogen) atoms. The Hall–Kier alpha value is -0.530. The molecule has 0 saturated heterocycles. The third kappa shape index (κ3) is 1.72. The van der Waals surface area contributed by atoms with Crippen LogP contribution in [-0.4, -0.2) is 11.1 Å².